The summed E-state index contributed by atoms with van der Waals surface area (Å²) in [5, 5.41) is 0. The van der Waals surface area contributed by atoms with Gasteiger partial charge in [-0.2, -0.15) is 11.8 Å². The van der Waals surface area contributed by atoms with Gasteiger partial charge in [0, 0.05) is 17.2 Å². The van der Waals surface area contributed by atoms with E-state index in [1.807, 2.05) is 6.92 Å². The van der Waals surface area contributed by atoms with Crippen LogP contribution in [0.2, 0.25) is 0 Å². The van der Waals surface area contributed by atoms with E-state index in [4.69, 9.17) is 9.47 Å². The van der Waals surface area contributed by atoms with Crippen LogP contribution < -0.4 is 4.74 Å². The number of imide groups is 1. The first-order chi connectivity index (χ1) is 15.4. The van der Waals surface area contributed by atoms with Crippen LogP contribution in [-0.2, 0) is 9.53 Å². The van der Waals surface area contributed by atoms with Crippen molar-refractivity contribution in [3.05, 3.63) is 65.2 Å². The number of nitrogens with zero attached hydrogens (tertiary/aromatic N) is 1. The van der Waals surface area contributed by atoms with Crippen molar-refractivity contribution in [2.75, 3.05) is 31.3 Å². The second kappa shape index (κ2) is 10.9. The average Bonchev–Trinajstić information content (AvgIpc) is 3.05. The molecule has 0 bridgehead atoms. The first kappa shape index (κ1) is 23.5. The van der Waals surface area contributed by atoms with E-state index in [0.717, 1.165) is 16.4 Å². The summed E-state index contributed by atoms with van der Waals surface area (Å²) in [6.45, 7) is 3.61. The molecule has 0 aromatic heterocycles. The van der Waals surface area contributed by atoms with E-state index in [9.17, 15) is 19.2 Å². The molecule has 8 heteroatoms. The molecule has 0 fully saturated rings. The second-order valence-electron chi connectivity index (χ2n) is 7.26. The normalized spacial score (nSPS) is 13.6. The molecule has 2 aromatic carbocycles. The molecule has 2 amide bonds. The monoisotopic (exact) mass is 455 g/mol. The third-order valence-electron chi connectivity index (χ3n) is 4.94. The standard InChI is InChI=1S/C24H25NO6S/c1-3-32-15-16(2)22(27)17-8-10-18(11-9-17)30-12-13-31-21(26)14-25-23(28)19-6-4-5-7-20(19)24(25)29/h4-11,16H,3,12-15H2,1-2H3. The van der Waals surface area contributed by atoms with Gasteiger partial charge < -0.3 is 9.47 Å². The molecular formula is C24H25NO6S. The average molecular weight is 456 g/mol. The number of Topliss-reactive ketones (excluding diaryl/α,β-unsaturated/α-hetero) is 1. The summed E-state index contributed by atoms with van der Waals surface area (Å²) < 4.78 is 10.6. The van der Waals surface area contributed by atoms with E-state index in [2.05, 4.69) is 6.92 Å². The smallest absolute Gasteiger partial charge is 0.326 e. The lowest BCUT2D eigenvalue weighted by Gasteiger charge is -2.13. The molecule has 7 nitrogen and oxygen atoms in total. The third kappa shape index (κ3) is 5.56. The summed E-state index contributed by atoms with van der Waals surface area (Å²) >= 11 is 1.74. The number of amides is 2. The van der Waals surface area contributed by atoms with Crippen LogP contribution in [0.25, 0.3) is 0 Å². The Balaban J connectivity index is 1.41. The Morgan fingerprint density at radius 3 is 2.19 bits per heavy atom. The summed E-state index contributed by atoms with van der Waals surface area (Å²) in [7, 11) is 0. The van der Waals surface area contributed by atoms with Crippen molar-refractivity contribution in [3.8, 4) is 5.75 Å². The molecule has 0 N–H and O–H groups in total. The highest BCUT2D eigenvalue weighted by Crippen LogP contribution is 2.22. The lowest BCUT2D eigenvalue weighted by molar-refractivity contribution is -0.144. The molecule has 1 aliphatic rings. The summed E-state index contributed by atoms with van der Waals surface area (Å²) in [6, 6.07) is 13.3. The van der Waals surface area contributed by atoms with Crippen LogP contribution >= 0.6 is 11.8 Å². The van der Waals surface area contributed by atoms with Crippen molar-refractivity contribution in [1.29, 1.82) is 0 Å². The summed E-state index contributed by atoms with van der Waals surface area (Å²) in [5.74, 6) is 0.670. The van der Waals surface area contributed by atoms with Crippen molar-refractivity contribution in [2.24, 2.45) is 5.92 Å². The number of hydrogen-bond donors (Lipinski definition) is 0. The number of thioether (sulfide) groups is 1. The molecule has 168 valence electrons. The lowest BCUT2D eigenvalue weighted by Crippen LogP contribution is -2.36. The summed E-state index contributed by atoms with van der Waals surface area (Å²) in [5.41, 5.74) is 1.21. The second-order valence-corrected chi connectivity index (χ2v) is 8.58. The molecule has 32 heavy (non-hydrogen) atoms. The molecule has 3 rings (SSSR count). The predicted molar refractivity (Wildman–Crippen MR) is 121 cm³/mol. The van der Waals surface area contributed by atoms with Crippen LogP contribution in [0.4, 0.5) is 0 Å². The number of esters is 1. The molecule has 1 unspecified atom stereocenters. The Hall–Kier alpha value is -3.13. The van der Waals surface area contributed by atoms with Gasteiger partial charge in [0.15, 0.2) is 5.78 Å². The zero-order valence-electron chi connectivity index (χ0n) is 18.0. The van der Waals surface area contributed by atoms with Gasteiger partial charge in [0.2, 0.25) is 0 Å². The Morgan fingerprint density at radius 1 is 0.969 bits per heavy atom. The minimum atomic E-state index is -0.692. The predicted octanol–water partition coefficient (Wildman–Crippen LogP) is 3.48. The Labute approximate surface area is 191 Å². The van der Waals surface area contributed by atoms with Crippen molar-refractivity contribution >= 4 is 35.3 Å². The van der Waals surface area contributed by atoms with Crippen LogP contribution in [0.5, 0.6) is 5.75 Å². The molecule has 0 aliphatic carbocycles. The van der Waals surface area contributed by atoms with Gasteiger partial charge in [-0.3, -0.25) is 24.1 Å². The number of carbonyl (C=O) groups is 4. The largest absolute Gasteiger partial charge is 0.490 e. The van der Waals surface area contributed by atoms with Gasteiger partial charge in [0.1, 0.15) is 25.5 Å². The summed E-state index contributed by atoms with van der Waals surface area (Å²) in [4.78, 5) is 49.9. The van der Waals surface area contributed by atoms with Gasteiger partial charge in [-0.1, -0.05) is 26.0 Å². The van der Waals surface area contributed by atoms with E-state index < -0.39 is 24.3 Å². The van der Waals surface area contributed by atoms with Gasteiger partial charge in [-0.05, 0) is 42.2 Å². The summed E-state index contributed by atoms with van der Waals surface area (Å²) in [6.07, 6.45) is 0. The number of ether oxygens (including phenoxy) is 2. The van der Waals surface area contributed by atoms with Crippen molar-refractivity contribution < 1.29 is 28.7 Å². The molecule has 0 radical (unpaired) electrons. The van der Waals surface area contributed by atoms with Crippen LogP contribution in [0.15, 0.2) is 48.5 Å². The highest BCUT2D eigenvalue weighted by molar-refractivity contribution is 7.99. The van der Waals surface area contributed by atoms with Crippen molar-refractivity contribution in [1.82, 2.24) is 4.90 Å². The topological polar surface area (TPSA) is 90.0 Å². The number of fused-ring (bicyclic) bond motifs is 1. The maximum absolute atomic E-state index is 12.4. The molecule has 1 heterocycles. The Kier molecular flexibility index (Phi) is 8.05. The van der Waals surface area contributed by atoms with E-state index in [0.29, 0.717) is 11.3 Å². The minimum absolute atomic E-state index is 0.0338. The fourth-order valence-electron chi connectivity index (χ4n) is 3.24. The number of hydrogen-bond acceptors (Lipinski definition) is 7. The van der Waals surface area contributed by atoms with Gasteiger partial charge >= 0.3 is 5.97 Å². The zero-order chi connectivity index (χ0) is 23.1. The third-order valence-corrected chi connectivity index (χ3v) is 6.08. The van der Waals surface area contributed by atoms with Gasteiger partial charge in [-0.25, -0.2) is 0 Å². The molecule has 0 spiro atoms. The quantitative estimate of drug-likeness (QED) is 0.222. The molecular weight excluding hydrogens is 430 g/mol. The van der Waals surface area contributed by atoms with Gasteiger partial charge in [0.05, 0.1) is 11.1 Å². The van der Waals surface area contributed by atoms with E-state index >= 15 is 0 Å². The molecule has 0 saturated heterocycles. The SMILES string of the molecule is CCSCC(C)C(=O)c1ccc(OCCOC(=O)CN2C(=O)c3ccccc3C2=O)cc1. The van der Waals surface area contributed by atoms with Crippen LogP contribution in [-0.4, -0.2) is 59.7 Å². The van der Waals surface area contributed by atoms with E-state index in [-0.39, 0.29) is 36.0 Å². The maximum Gasteiger partial charge on any atom is 0.326 e. The van der Waals surface area contributed by atoms with Gasteiger partial charge in [-0.15, -0.1) is 0 Å². The first-order valence-electron chi connectivity index (χ1n) is 10.4. The number of ketones is 1. The molecule has 1 aliphatic heterocycles. The Morgan fingerprint density at radius 2 is 1.59 bits per heavy atom. The van der Waals surface area contributed by atoms with Crippen molar-refractivity contribution in [2.45, 2.75) is 13.8 Å². The van der Waals surface area contributed by atoms with Crippen LogP contribution in [0.1, 0.15) is 44.9 Å². The fraction of sp³-hybridized carbons (Fsp3) is 0.333. The molecule has 1 atom stereocenters. The molecule has 0 saturated carbocycles. The zero-order valence-corrected chi connectivity index (χ0v) is 18.9. The number of carbonyl (C=O) groups excluding carboxylic acids is 4. The van der Waals surface area contributed by atoms with Gasteiger partial charge in [0.25, 0.3) is 11.8 Å². The number of rotatable bonds is 11. The fourth-order valence-corrected chi connectivity index (χ4v) is 3.98. The maximum atomic E-state index is 12.4. The Bertz CT molecular complexity index is 969. The lowest BCUT2D eigenvalue weighted by atomic mass is 10.0. The highest BCUT2D eigenvalue weighted by Gasteiger charge is 2.36. The van der Waals surface area contributed by atoms with Crippen molar-refractivity contribution in [3.63, 3.8) is 0 Å². The minimum Gasteiger partial charge on any atom is -0.490 e. The van der Waals surface area contributed by atoms with E-state index in [1.165, 1.54) is 0 Å². The van der Waals surface area contributed by atoms with Crippen LogP contribution in [0.3, 0.4) is 0 Å². The molecule has 2 aromatic rings. The van der Waals surface area contributed by atoms with E-state index in [1.54, 1.807) is 60.3 Å². The van der Waals surface area contributed by atoms with Crippen LogP contribution in [0, 0.1) is 5.92 Å². The first-order valence-corrected chi connectivity index (χ1v) is 11.5. The highest BCUT2D eigenvalue weighted by atomic mass is 32.2. The number of benzene rings is 2.